The van der Waals surface area contributed by atoms with Gasteiger partial charge in [-0.1, -0.05) is 37.3 Å². The Balaban J connectivity index is 0.00000312. The van der Waals surface area contributed by atoms with Crippen molar-refractivity contribution < 1.29 is 4.74 Å². The molecule has 7 nitrogen and oxygen atoms in total. The zero-order chi connectivity index (χ0) is 17.0. The van der Waals surface area contributed by atoms with Crippen LogP contribution in [0.5, 0.6) is 0 Å². The first-order valence-corrected chi connectivity index (χ1v) is 8.26. The minimum absolute atomic E-state index is 0. The monoisotopic (exact) mass is 458 g/mol. The highest BCUT2D eigenvalue weighted by atomic mass is 127. The molecular formula is C17H27IN6O. The smallest absolute Gasteiger partial charge is 0.191 e. The summed E-state index contributed by atoms with van der Waals surface area (Å²) in [5, 5.41) is 14.5. The van der Waals surface area contributed by atoms with Crippen molar-refractivity contribution in [2.24, 2.45) is 4.99 Å². The second-order valence-electron chi connectivity index (χ2n) is 5.26. The Morgan fingerprint density at radius 2 is 1.96 bits per heavy atom. The topological polar surface area (TPSA) is 76.4 Å². The molecule has 0 amide bonds. The minimum atomic E-state index is 0. The Morgan fingerprint density at radius 3 is 2.68 bits per heavy atom. The Bertz CT molecular complexity index is 617. The van der Waals surface area contributed by atoms with Crippen molar-refractivity contribution in [2.75, 3.05) is 26.7 Å². The summed E-state index contributed by atoms with van der Waals surface area (Å²) in [7, 11) is 1.76. The molecule has 0 bridgehead atoms. The van der Waals surface area contributed by atoms with Gasteiger partial charge in [0.25, 0.3) is 0 Å². The van der Waals surface area contributed by atoms with E-state index in [0.717, 1.165) is 31.3 Å². The van der Waals surface area contributed by atoms with Crippen LogP contribution >= 0.6 is 24.0 Å². The lowest BCUT2D eigenvalue weighted by atomic mass is 10.2. The number of nitrogens with zero attached hydrogens (tertiary/aromatic N) is 4. The van der Waals surface area contributed by atoms with Crippen LogP contribution in [0.2, 0.25) is 0 Å². The van der Waals surface area contributed by atoms with Gasteiger partial charge in [-0.3, -0.25) is 4.99 Å². The Morgan fingerprint density at radius 1 is 1.20 bits per heavy atom. The lowest BCUT2D eigenvalue weighted by Crippen LogP contribution is -2.40. The van der Waals surface area contributed by atoms with Crippen LogP contribution in [0.1, 0.15) is 18.3 Å². The van der Waals surface area contributed by atoms with E-state index >= 15 is 0 Å². The highest BCUT2D eigenvalue weighted by Crippen LogP contribution is 1.99. The number of guanidine groups is 1. The van der Waals surface area contributed by atoms with Gasteiger partial charge in [0.2, 0.25) is 0 Å². The molecule has 1 heterocycles. The summed E-state index contributed by atoms with van der Waals surface area (Å²) < 4.78 is 7.69. The number of aryl methyl sites for hydroxylation is 1. The van der Waals surface area contributed by atoms with Crippen molar-refractivity contribution in [1.82, 2.24) is 25.4 Å². The molecule has 0 aliphatic rings. The first kappa shape index (κ1) is 21.4. The fraction of sp³-hybridized carbons (Fsp3) is 0.471. The average molecular weight is 458 g/mol. The van der Waals surface area contributed by atoms with Gasteiger partial charge < -0.3 is 19.9 Å². The molecule has 0 radical (unpaired) electrons. The number of hydrogen-bond acceptors (Lipinski definition) is 4. The molecule has 8 heteroatoms. The number of hydrogen-bond donors (Lipinski definition) is 2. The highest BCUT2D eigenvalue weighted by molar-refractivity contribution is 14.0. The first-order valence-electron chi connectivity index (χ1n) is 8.26. The van der Waals surface area contributed by atoms with Crippen LogP contribution in [0.3, 0.4) is 0 Å². The second-order valence-corrected chi connectivity index (χ2v) is 5.26. The van der Waals surface area contributed by atoms with E-state index in [1.807, 2.05) is 22.8 Å². The van der Waals surface area contributed by atoms with Gasteiger partial charge in [-0.25, -0.2) is 0 Å². The van der Waals surface area contributed by atoms with Gasteiger partial charge in [0, 0.05) is 33.1 Å². The van der Waals surface area contributed by atoms with Crippen LogP contribution in [-0.2, 0) is 24.3 Å². The zero-order valence-electron chi connectivity index (χ0n) is 14.8. The predicted octanol–water partition coefficient (Wildman–Crippen LogP) is 1.84. The van der Waals surface area contributed by atoms with E-state index in [9.17, 15) is 0 Å². The molecule has 2 aromatic rings. The van der Waals surface area contributed by atoms with Crippen molar-refractivity contribution in [2.45, 2.75) is 26.5 Å². The summed E-state index contributed by atoms with van der Waals surface area (Å²) in [5.41, 5.74) is 1.18. The third-order valence-electron chi connectivity index (χ3n) is 3.53. The molecule has 0 spiro atoms. The summed E-state index contributed by atoms with van der Waals surface area (Å²) in [6.45, 7) is 5.60. The third kappa shape index (κ3) is 7.82. The quantitative estimate of drug-likeness (QED) is 0.260. The Kier molecular flexibility index (Phi) is 10.8. The molecule has 0 aliphatic carbocycles. The molecule has 138 valence electrons. The van der Waals surface area contributed by atoms with E-state index in [2.05, 4.69) is 44.9 Å². The molecule has 0 saturated carbocycles. The van der Waals surface area contributed by atoms with E-state index in [4.69, 9.17) is 4.74 Å². The summed E-state index contributed by atoms with van der Waals surface area (Å²) in [5.74, 6) is 1.76. The largest absolute Gasteiger partial charge is 0.375 e. The van der Waals surface area contributed by atoms with E-state index in [1.54, 1.807) is 13.4 Å². The summed E-state index contributed by atoms with van der Waals surface area (Å²) in [4.78, 5) is 4.20. The highest BCUT2D eigenvalue weighted by Gasteiger charge is 2.02. The normalized spacial score (nSPS) is 11.0. The van der Waals surface area contributed by atoms with Gasteiger partial charge in [-0.05, 0) is 5.56 Å². The SMILES string of the molecule is CCc1nncn1CCNC(=NC)NCCOCc1ccccc1.I. The van der Waals surface area contributed by atoms with Gasteiger partial charge in [-0.2, -0.15) is 0 Å². The first-order chi connectivity index (χ1) is 11.8. The standard InChI is InChI=1S/C17H26N6O.HI/c1-3-16-22-21-14-23(16)11-9-19-17(18-2)20-10-12-24-13-15-7-5-4-6-8-15;/h4-8,14H,3,9-13H2,1-2H3,(H2,18,19,20);1H. The number of ether oxygens (including phenoxy) is 1. The molecule has 0 fully saturated rings. The van der Waals surface area contributed by atoms with Gasteiger partial charge >= 0.3 is 0 Å². The summed E-state index contributed by atoms with van der Waals surface area (Å²) in [6.07, 6.45) is 2.64. The molecule has 1 aromatic heterocycles. The van der Waals surface area contributed by atoms with Crippen LogP contribution in [0.4, 0.5) is 0 Å². The third-order valence-corrected chi connectivity index (χ3v) is 3.53. The minimum Gasteiger partial charge on any atom is -0.375 e. The van der Waals surface area contributed by atoms with E-state index < -0.39 is 0 Å². The van der Waals surface area contributed by atoms with E-state index in [0.29, 0.717) is 19.8 Å². The van der Waals surface area contributed by atoms with Crippen molar-refractivity contribution in [3.05, 3.63) is 48.0 Å². The number of aliphatic imine (C=N–C) groups is 1. The summed E-state index contributed by atoms with van der Waals surface area (Å²) in [6, 6.07) is 10.2. The molecule has 0 saturated heterocycles. The molecule has 1 aromatic carbocycles. The number of aromatic nitrogens is 3. The molecule has 0 atom stereocenters. The fourth-order valence-electron chi connectivity index (χ4n) is 2.26. The lowest BCUT2D eigenvalue weighted by Gasteiger charge is -2.12. The fourth-order valence-corrected chi connectivity index (χ4v) is 2.26. The molecule has 0 unspecified atom stereocenters. The molecule has 25 heavy (non-hydrogen) atoms. The lowest BCUT2D eigenvalue weighted by molar-refractivity contribution is 0.125. The number of benzene rings is 1. The van der Waals surface area contributed by atoms with E-state index in [-0.39, 0.29) is 24.0 Å². The Labute approximate surface area is 166 Å². The van der Waals surface area contributed by atoms with Crippen molar-refractivity contribution in [3.63, 3.8) is 0 Å². The van der Waals surface area contributed by atoms with Crippen molar-refractivity contribution in [3.8, 4) is 0 Å². The van der Waals surface area contributed by atoms with Crippen LogP contribution in [-0.4, -0.2) is 47.5 Å². The summed E-state index contributed by atoms with van der Waals surface area (Å²) >= 11 is 0. The van der Waals surface area contributed by atoms with Crippen LogP contribution < -0.4 is 10.6 Å². The van der Waals surface area contributed by atoms with Crippen LogP contribution in [0.15, 0.2) is 41.7 Å². The Hall–Kier alpha value is -1.68. The zero-order valence-corrected chi connectivity index (χ0v) is 17.1. The maximum atomic E-state index is 5.64. The molecule has 2 rings (SSSR count). The van der Waals surface area contributed by atoms with Crippen LogP contribution in [0, 0.1) is 0 Å². The molecule has 0 aliphatic heterocycles. The van der Waals surface area contributed by atoms with Gasteiger partial charge in [-0.15, -0.1) is 34.2 Å². The predicted molar refractivity (Wildman–Crippen MR) is 110 cm³/mol. The average Bonchev–Trinajstić information content (AvgIpc) is 3.08. The number of rotatable bonds is 9. The number of halogens is 1. The van der Waals surface area contributed by atoms with Gasteiger partial charge in [0.15, 0.2) is 5.96 Å². The van der Waals surface area contributed by atoms with Crippen molar-refractivity contribution in [1.29, 1.82) is 0 Å². The second kappa shape index (κ2) is 12.6. The number of nitrogens with one attached hydrogen (secondary N) is 2. The van der Waals surface area contributed by atoms with Crippen LogP contribution in [0.25, 0.3) is 0 Å². The molecule has 2 N–H and O–H groups in total. The van der Waals surface area contributed by atoms with Gasteiger partial charge in [0.05, 0.1) is 13.2 Å². The van der Waals surface area contributed by atoms with Gasteiger partial charge in [0.1, 0.15) is 12.2 Å². The maximum absolute atomic E-state index is 5.64. The van der Waals surface area contributed by atoms with E-state index in [1.165, 1.54) is 5.56 Å². The van der Waals surface area contributed by atoms with Crippen molar-refractivity contribution >= 4 is 29.9 Å². The molecular weight excluding hydrogens is 431 g/mol. The maximum Gasteiger partial charge on any atom is 0.191 e.